The zero-order valence-corrected chi connectivity index (χ0v) is 10.9. The van der Waals surface area contributed by atoms with E-state index in [1.54, 1.807) is 6.92 Å². The SMILES string of the molecule is CC(=O)C1(c2c(C)cc(C)cc2Br)CC1. The molecular formula is C13H15BrO. The fraction of sp³-hybridized carbons (Fsp3) is 0.462. The van der Waals surface area contributed by atoms with Crippen molar-refractivity contribution in [1.29, 1.82) is 0 Å². The van der Waals surface area contributed by atoms with Crippen molar-refractivity contribution in [2.75, 3.05) is 0 Å². The summed E-state index contributed by atoms with van der Waals surface area (Å²) >= 11 is 3.59. The molecule has 1 nitrogen and oxygen atoms in total. The molecule has 0 bridgehead atoms. The predicted molar refractivity (Wildman–Crippen MR) is 65.2 cm³/mol. The number of halogens is 1. The maximum Gasteiger partial charge on any atom is 0.140 e. The van der Waals surface area contributed by atoms with Crippen LogP contribution in [0, 0.1) is 13.8 Å². The Morgan fingerprint density at radius 2 is 1.93 bits per heavy atom. The van der Waals surface area contributed by atoms with E-state index in [1.807, 2.05) is 0 Å². The van der Waals surface area contributed by atoms with Gasteiger partial charge in [-0.1, -0.05) is 22.0 Å². The lowest BCUT2D eigenvalue weighted by atomic mass is 9.88. The van der Waals surface area contributed by atoms with Gasteiger partial charge in [0.05, 0.1) is 5.41 Å². The van der Waals surface area contributed by atoms with Gasteiger partial charge in [-0.25, -0.2) is 0 Å². The molecule has 80 valence electrons. The molecule has 0 N–H and O–H groups in total. The number of benzene rings is 1. The van der Waals surface area contributed by atoms with Gasteiger partial charge in [0, 0.05) is 4.47 Å². The number of hydrogen-bond donors (Lipinski definition) is 0. The minimum Gasteiger partial charge on any atom is -0.299 e. The Labute approximate surface area is 99.0 Å². The molecule has 0 aliphatic heterocycles. The summed E-state index contributed by atoms with van der Waals surface area (Å²) in [6.45, 7) is 5.88. The molecule has 1 aliphatic carbocycles. The molecule has 0 saturated heterocycles. The second-order valence-corrected chi connectivity index (χ2v) is 5.43. The fourth-order valence-electron chi connectivity index (χ4n) is 2.42. The first-order chi connectivity index (χ1) is 6.97. The van der Waals surface area contributed by atoms with E-state index in [4.69, 9.17) is 0 Å². The van der Waals surface area contributed by atoms with Crippen molar-refractivity contribution in [2.24, 2.45) is 0 Å². The third-order valence-corrected chi connectivity index (χ3v) is 3.96. The molecule has 0 heterocycles. The van der Waals surface area contributed by atoms with Crippen LogP contribution in [0.5, 0.6) is 0 Å². The minimum atomic E-state index is -0.170. The highest BCUT2D eigenvalue weighted by molar-refractivity contribution is 9.10. The standard InChI is InChI=1S/C13H15BrO/c1-8-6-9(2)12(11(14)7-8)13(4-5-13)10(3)15/h6-7H,4-5H2,1-3H3. The van der Waals surface area contributed by atoms with Crippen LogP contribution in [0.15, 0.2) is 16.6 Å². The molecule has 0 spiro atoms. The molecule has 0 unspecified atom stereocenters. The van der Waals surface area contributed by atoms with Gasteiger partial charge in [0.15, 0.2) is 0 Å². The van der Waals surface area contributed by atoms with Crippen molar-refractivity contribution in [1.82, 2.24) is 0 Å². The number of aryl methyl sites for hydroxylation is 2. The average molecular weight is 267 g/mol. The lowest BCUT2D eigenvalue weighted by Gasteiger charge is -2.17. The molecule has 15 heavy (non-hydrogen) atoms. The Morgan fingerprint density at radius 1 is 1.33 bits per heavy atom. The van der Waals surface area contributed by atoms with Crippen molar-refractivity contribution in [3.63, 3.8) is 0 Å². The molecule has 1 aromatic carbocycles. The smallest absolute Gasteiger partial charge is 0.140 e. The van der Waals surface area contributed by atoms with E-state index in [1.165, 1.54) is 16.7 Å². The van der Waals surface area contributed by atoms with Gasteiger partial charge in [0.2, 0.25) is 0 Å². The molecule has 2 heteroatoms. The minimum absolute atomic E-state index is 0.170. The van der Waals surface area contributed by atoms with Crippen LogP contribution in [0.4, 0.5) is 0 Å². The molecule has 1 aromatic rings. The summed E-state index contributed by atoms with van der Waals surface area (Å²) in [6.07, 6.45) is 2.01. The third kappa shape index (κ3) is 1.65. The maximum absolute atomic E-state index is 11.7. The Kier molecular flexibility index (Phi) is 2.50. The Balaban J connectivity index is 2.58. The van der Waals surface area contributed by atoms with Gasteiger partial charge in [0.1, 0.15) is 5.78 Å². The van der Waals surface area contributed by atoms with Gasteiger partial charge in [-0.15, -0.1) is 0 Å². The van der Waals surface area contributed by atoms with Crippen LogP contribution < -0.4 is 0 Å². The van der Waals surface area contributed by atoms with Crippen LogP contribution in [-0.4, -0.2) is 5.78 Å². The molecule has 1 saturated carbocycles. The van der Waals surface area contributed by atoms with Gasteiger partial charge in [-0.05, 0) is 56.4 Å². The highest BCUT2D eigenvalue weighted by Gasteiger charge is 2.50. The van der Waals surface area contributed by atoms with E-state index >= 15 is 0 Å². The number of carbonyl (C=O) groups is 1. The molecule has 1 fully saturated rings. The Morgan fingerprint density at radius 3 is 2.33 bits per heavy atom. The average Bonchev–Trinajstić information content (AvgIpc) is 2.83. The van der Waals surface area contributed by atoms with Gasteiger partial charge in [-0.3, -0.25) is 4.79 Å². The monoisotopic (exact) mass is 266 g/mol. The second kappa shape index (κ2) is 3.44. The topological polar surface area (TPSA) is 17.1 Å². The molecule has 0 atom stereocenters. The summed E-state index contributed by atoms with van der Waals surface area (Å²) in [7, 11) is 0. The van der Waals surface area contributed by atoms with E-state index in [0.717, 1.165) is 17.3 Å². The zero-order chi connectivity index (χ0) is 11.2. The quantitative estimate of drug-likeness (QED) is 0.798. The predicted octanol–water partition coefficient (Wildman–Crippen LogP) is 3.69. The van der Waals surface area contributed by atoms with E-state index in [0.29, 0.717) is 5.78 Å². The van der Waals surface area contributed by atoms with E-state index in [9.17, 15) is 4.79 Å². The van der Waals surface area contributed by atoms with Gasteiger partial charge >= 0.3 is 0 Å². The van der Waals surface area contributed by atoms with Crippen molar-refractivity contribution < 1.29 is 4.79 Å². The van der Waals surface area contributed by atoms with E-state index in [2.05, 4.69) is 41.9 Å². The van der Waals surface area contributed by atoms with Gasteiger partial charge in [0.25, 0.3) is 0 Å². The molecule has 0 amide bonds. The summed E-state index contributed by atoms with van der Waals surface area (Å²) in [4.78, 5) is 11.7. The highest BCUT2D eigenvalue weighted by Crippen LogP contribution is 2.52. The number of ketones is 1. The summed E-state index contributed by atoms with van der Waals surface area (Å²) in [5.74, 6) is 0.301. The van der Waals surface area contributed by atoms with Crippen molar-refractivity contribution >= 4 is 21.7 Å². The molecule has 1 aliphatic rings. The van der Waals surface area contributed by atoms with Crippen LogP contribution in [0.1, 0.15) is 36.5 Å². The van der Waals surface area contributed by atoms with Crippen molar-refractivity contribution in [3.8, 4) is 0 Å². The zero-order valence-electron chi connectivity index (χ0n) is 9.36. The van der Waals surface area contributed by atoms with Gasteiger partial charge in [-0.2, -0.15) is 0 Å². The number of rotatable bonds is 2. The maximum atomic E-state index is 11.7. The van der Waals surface area contributed by atoms with Crippen LogP contribution >= 0.6 is 15.9 Å². The summed E-state index contributed by atoms with van der Waals surface area (Å²) in [5.41, 5.74) is 3.51. The first-order valence-corrected chi connectivity index (χ1v) is 6.05. The van der Waals surface area contributed by atoms with Crippen LogP contribution in [0.2, 0.25) is 0 Å². The first-order valence-electron chi connectivity index (χ1n) is 5.25. The molecule has 0 aromatic heterocycles. The van der Waals surface area contributed by atoms with Crippen LogP contribution in [0.3, 0.4) is 0 Å². The largest absolute Gasteiger partial charge is 0.299 e. The number of hydrogen-bond acceptors (Lipinski definition) is 1. The van der Waals surface area contributed by atoms with Crippen molar-refractivity contribution in [2.45, 2.75) is 39.0 Å². The van der Waals surface area contributed by atoms with E-state index in [-0.39, 0.29) is 5.41 Å². The first kappa shape index (κ1) is 10.9. The van der Waals surface area contributed by atoms with E-state index < -0.39 is 0 Å². The third-order valence-electron chi connectivity index (χ3n) is 3.33. The summed E-state index contributed by atoms with van der Waals surface area (Å²) < 4.78 is 1.09. The summed E-state index contributed by atoms with van der Waals surface area (Å²) in [5, 5.41) is 0. The molecular weight excluding hydrogens is 252 g/mol. The van der Waals surface area contributed by atoms with Crippen LogP contribution in [0.25, 0.3) is 0 Å². The Hall–Kier alpha value is -0.630. The summed E-state index contributed by atoms with van der Waals surface area (Å²) in [6, 6.07) is 4.26. The Bertz CT molecular complexity index is 407. The number of carbonyl (C=O) groups excluding carboxylic acids is 1. The highest BCUT2D eigenvalue weighted by atomic mass is 79.9. The lowest BCUT2D eigenvalue weighted by molar-refractivity contribution is -0.119. The van der Waals surface area contributed by atoms with Gasteiger partial charge < -0.3 is 0 Å². The van der Waals surface area contributed by atoms with Crippen molar-refractivity contribution in [3.05, 3.63) is 33.3 Å². The normalized spacial score (nSPS) is 17.6. The fourth-order valence-corrected chi connectivity index (χ4v) is 3.48. The lowest BCUT2D eigenvalue weighted by Crippen LogP contribution is -2.19. The molecule has 0 radical (unpaired) electrons. The molecule has 2 rings (SSSR count). The van der Waals surface area contributed by atoms with Crippen LogP contribution in [-0.2, 0) is 10.2 Å². The second-order valence-electron chi connectivity index (χ2n) is 4.58. The number of Topliss-reactive ketones (excluding diaryl/α,β-unsaturated/α-hetero) is 1.